The van der Waals surface area contributed by atoms with Gasteiger partial charge in [0.25, 0.3) is 5.56 Å². The standard InChI is InChI=1S/C16H17NO2S/c1-16(2,3)13(18)10-14-17-15(19)12(20-14)9-11-7-5-4-6-8-11/h4-10H,1-3H3,(H,17,19)/b12-9+,14-10+. The molecule has 0 spiro atoms. The Labute approximate surface area is 121 Å². The average molecular weight is 287 g/mol. The minimum atomic E-state index is -0.440. The second kappa shape index (κ2) is 5.59. The molecule has 0 fully saturated rings. The fourth-order valence-electron chi connectivity index (χ4n) is 1.56. The zero-order chi connectivity index (χ0) is 14.8. The monoisotopic (exact) mass is 287 g/mol. The topological polar surface area (TPSA) is 49.9 Å². The third-order valence-corrected chi connectivity index (χ3v) is 3.74. The van der Waals surface area contributed by atoms with Gasteiger partial charge in [-0.15, -0.1) is 11.3 Å². The molecule has 0 atom stereocenters. The van der Waals surface area contributed by atoms with Crippen LogP contribution in [0.4, 0.5) is 0 Å². The Hall–Kier alpha value is -1.94. The van der Waals surface area contributed by atoms with E-state index in [1.54, 1.807) is 0 Å². The summed E-state index contributed by atoms with van der Waals surface area (Å²) in [5, 5.41) is 0. The third kappa shape index (κ3) is 3.54. The summed E-state index contributed by atoms with van der Waals surface area (Å²) in [6.07, 6.45) is 3.33. The molecule has 0 saturated carbocycles. The maximum absolute atomic E-state index is 11.9. The Morgan fingerprint density at radius 1 is 1.20 bits per heavy atom. The average Bonchev–Trinajstić information content (AvgIpc) is 2.70. The number of nitrogens with one attached hydrogen (secondary N) is 1. The Balaban J connectivity index is 2.46. The van der Waals surface area contributed by atoms with Gasteiger partial charge in [0.15, 0.2) is 5.78 Å². The highest BCUT2D eigenvalue weighted by Crippen LogP contribution is 2.14. The number of aromatic amines is 1. The van der Waals surface area contributed by atoms with Crippen LogP contribution in [0.2, 0.25) is 0 Å². The summed E-state index contributed by atoms with van der Waals surface area (Å²) in [7, 11) is 0. The molecule has 0 radical (unpaired) electrons. The van der Waals surface area contributed by atoms with Crippen molar-refractivity contribution in [1.29, 1.82) is 0 Å². The lowest BCUT2D eigenvalue weighted by Crippen LogP contribution is -2.22. The first-order chi connectivity index (χ1) is 9.36. The van der Waals surface area contributed by atoms with Gasteiger partial charge >= 0.3 is 0 Å². The molecule has 0 saturated heterocycles. The molecule has 2 rings (SSSR count). The zero-order valence-corrected chi connectivity index (χ0v) is 12.6. The number of thiazole rings is 1. The Kier molecular flexibility index (Phi) is 4.04. The maximum atomic E-state index is 11.9. The van der Waals surface area contributed by atoms with Crippen LogP contribution in [0.5, 0.6) is 0 Å². The summed E-state index contributed by atoms with van der Waals surface area (Å²) < 4.78 is 1.20. The fourth-order valence-corrected chi connectivity index (χ4v) is 2.45. The van der Waals surface area contributed by atoms with Crippen LogP contribution in [-0.4, -0.2) is 10.8 Å². The van der Waals surface area contributed by atoms with Gasteiger partial charge in [-0.3, -0.25) is 9.59 Å². The van der Waals surface area contributed by atoms with Crippen LogP contribution < -0.4 is 14.8 Å². The molecular weight excluding hydrogens is 270 g/mol. The van der Waals surface area contributed by atoms with Gasteiger partial charge in [-0.25, -0.2) is 0 Å². The number of carbonyl (C=O) groups excluding carboxylic acids is 1. The van der Waals surface area contributed by atoms with E-state index in [2.05, 4.69) is 4.98 Å². The second-order valence-electron chi connectivity index (χ2n) is 5.60. The molecule has 1 aromatic heterocycles. The Morgan fingerprint density at radius 3 is 2.45 bits per heavy atom. The van der Waals surface area contributed by atoms with Gasteiger partial charge in [-0.05, 0) is 11.6 Å². The predicted molar refractivity (Wildman–Crippen MR) is 83.1 cm³/mol. The van der Waals surface area contributed by atoms with Gasteiger partial charge in [0, 0.05) is 11.5 Å². The van der Waals surface area contributed by atoms with Crippen LogP contribution >= 0.6 is 11.3 Å². The quantitative estimate of drug-likeness (QED) is 0.913. The number of Topliss-reactive ketones (excluding diaryl/α,β-unsaturated/α-hetero) is 1. The molecule has 104 valence electrons. The van der Waals surface area contributed by atoms with Crippen LogP contribution in [0.25, 0.3) is 12.2 Å². The van der Waals surface area contributed by atoms with Crippen molar-refractivity contribution in [3.63, 3.8) is 0 Å². The molecule has 20 heavy (non-hydrogen) atoms. The molecule has 0 unspecified atom stereocenters. The lowest BCUT2D eigenvalue weighted by Gasteiger charge is -2.12. The van der Waals surface area contributed by atoms with Gasteiger partial charge in [-0.2, -0.15) is 0 Å². The summed E-state index contributed by atoms with van der Waals surface area (Å²) in [5.74, 6) is 0.00117. The fraction of sp³-hybridized carbons (Fsp3) is 0.250. The second-order valence-corrected chi connectivity index (χ2v) is 6.68. The largest absolute Gasteiger partial charge is 0.313 e. The minimum Gasteiger partial charge on any atom is -0.313 e. The van der Waals surface area contributed by atoms with Crippen molar-refractivity contribution >= 4 is 29.3 Å². The number of rotatable bonds is 2. The number of ketones is 1. The number of hydrogen-bond donors (Lipinski definition) is 1. The molecule has 0 amide bonds. The number of aromatic nitrogens is 1. The molecule has 1 N–H and O–H groups in total. The van der Waals surface area contributed by atoms with E-state index in [1.807, 2.05) is 57.2 Å². The first-order valence-electron chi connectivity index (χ1n) is 6.38. The minimum absolute atomic E-state index is 0.00117. The van der Waals surface area contributed by atoms with Crippen molar-refractivity contribution in [2.45, 2.75) is 20.8 Å². The van der Waals surface area contributed by atoms with Crippen LogP contribution in [0.15, 0.2) is 35.1 Å². The maximum Gasteiger partial charge on any atom is 0.266 e. The number of benzene rings is 1. The van der Waals surface area contributed by atoms with Crippen molar-refractivity contribution in [2.75, 3.05) is 0 Å². The van der Waals surface area contributed by atoms with Gasteiger partial charge in [0.05, 0.1) is 9.20 Å². The molecule has 1 aromatic carbocycles. The van der Waals surface area contributed by atoms with Crippen LogP contribution in [0.1, 0.15) is 26.3 Å². The van der Waals surface area contributed by atoms with E-state index >= 15 is 0 Å². The summed E-state index contributed by atoms with van der Waals surface area (Å²) in [6.45, 7) is 5.57. The molecule has 0 aliphatic carbocycles. The number of carbonyl (C=O) groups is 1. The Morgan fingerprint density at radius 2 is 1.85 bits per heavy atom. The SMILES string of the molecule is CC(C)(C)C(=O)/C=c1\[nH]c(=O)/c(=C\c2ccccc2)s1. The van der Waals surface area contributed by atoms with E-state index < -0.39 is 5.41 Å². The highest BCUT2D eigenvalue weighted by Gasteiger charge is 2.18. The van der Waals surface area contributed by atoms with E-state index in [9.17, 15) is 9.59 Å². The van der Waals surface area contributed by atoms with Crippen molar-refractivity contribution in [1.82, 2.24) is 4.98 Å². The molecule has 4 heteroatoms. The first-order valence-corrected chi connectivity index (χ1v) is 7.20. The molecule has 1 heterocycles. The van der Waals surface area contributed by atoms with E-state index in [-0.39, 0.29) is 11.3 Å². The van der Waals surface area contributed by atoms with Crippen LogP contribution in [0, 0.1) is 5.41 Å². The highest BCUT2D eigenvalue weighted by molar-refractivity contribution is 7.07. The molecule has 0 bridgehead atoms. The smallest absolute Gasteiger partial charge is 0.266 e. The van der Waals surface area contributed by atoms with E-state index in [1.165, 1.54) is 17.4 Å². The third-order valence-electron chi connectivity index (χ3n) is 2.78. The summed E-state index contributed by atoms with van der Waals surface area (Å²) in [6, 6.07) is 9.64. The van der Waals surface area contributed by atoms with E-state index in [0.29, 0.717) is 9.20 Å². The van der Waals surface area contributed by atoms with Gasteiger partial charge in [-0.1, -0.05) is 51.1 Å². The van der Waals surface area contributed by atoms with Gasteiger partial charge in [0.1, 0.15) is 0 Å². The van der Waals surface area contributed by atoms with Crippen molar-refractivity contribution in [3.8, 4) is 0 Å². The lowest BCUT2D eigenvalue weighted by molar-refractivity contribution is -0.119. The number of H-pyrrole nitrogens is 1. The van der Waals surface area contributed by atoms with Crippen LogP contribution in [-0.2, 0) is 4.79 Å². The van der Waals surface area contributed by atoms with Gasteiger partial charge in [0.2, 0.25) is 0 Å². The lowest BCUT2D eigenvalue weighted by atomic mass is 9.91. The normalized spacial score (nSPS) is 13.8. The summed E-state index contributed by atoms with van der Waals surface area (Å²) >= 11 is 1.30. The van der Waals surface area contributed by atoms with E-state index in [4.69, 9.17) is 0 Å². The zero-order valence-electron chi connectivity index (χ0n) is 11.8. The molecule has 0 aliphatic rings. The van der Waals surface area contributed by atoms with Crippen molar-refractivity contribution < 1.29 is 4.79 Å². The van der Waals surface area contributed by atoms with Gasteiger partial charge < -0.3 is 4.98 Å². The summed E-state index contributed by atoms with van der Waals surface area (Å²) in [5.41, 5.74) is 0.366. The molecule has 3 nitrogen and oxygen atoms in total. The molecular formula is C16H17NO2S. The predicted octanol–water partition coefficient (Wildman–Crippen LogP) is 1.66. The first kappa shape index (κ1) is 14.5. The highest BCUT2D eigenvalue weighted by atomic mass is 32.1. The van der Waals surface area contributed by atoms with Crippen molar-refractivity contribution in [2.24, 2.45) is 5.41 Å². The Bertz CT molecular complexity index is 776. The van der Waals surface area contributed by atoms with Crippen molar-refractivity contribution in [3.05, 3.63) is 55.4 Å². The summed E-state index contributed by atoms with van der Waals surface area (Å²) in [4.78, 5) is 26.5. The molecule has 2 aromatic rings. The van der Waals surface area contributed by atoms with Crippen LogP contribution in [0.3, 0.4) is 0 Å². The van der Waals surface area contributed by atoms with E-state index in [0.717, 1.165) is 5.56 Å². The molecule has 0 aliphatic heterocycles. The number of hydrogen-bond acceptors (Lipinski definition) is 3.